The van der Waals surface area contributed by atoms with Crippen LogP contribution in [0.4, 0.5) is 0 Å². The van der Waals surface area contributed by atoms with Crippen molar-refractivity contribution >= 4 is 0 Å². The van der Waals surface area contributed by atoms with E-state index < -0.39 is 0 Å². The number of rotatable bonds is 5. The molecule has 0 bridgehead atoms. The van der Waals surface area contributed by atoms with E-state index in [1.807, 2.05) is 0 Å². The maximum atomic E-state index is 2.76. The van der Waals surface area contributed by atoms with E-state index in [0.29, 0.717) is 10.8 Å². The summed E-state index contributed by atoms with van der Waals surface area (Å²) >= 11 is 0. The minimum Gasteiger partial charge on any atom is -0.0885 e. The summed E-state index contributed by atoms with van der Waals surface area (Å²) in [4.78, 5) is 0. The summed E-state index contributed by atoms with van der Waals surface area (Å²) in [7, 11) is 0. The van der Waals surface area contributed by atoms with Gasteiger partial charge in [0.15, 0.2) is 0 Å². The monoisotopic (exact) mass is 398 g/mol. The summed E-state index contributed by atoms with van der Waals surface area (Å²) in [5.74, 6) is 6.87. The van der Waals surface area contributed by atoms with Crippen LogP contribution in [0.3, 0.4) is 0 Å². The van der Waals surface area contributed by atoms with Crippen LogP contribution in [0.2, 0.25) is 0 Å². The summed E-state index contributed by atoms with van der Waals surface area (Å²) in [6.45, 7) is 12.9. The van der Waals surface area contributed by atoms with Crippen LogP contribution in [0.5, 0.6) is 0 Å². The van der Waals surface area contributed by atoms with Crippen LogP contribution in [-0.4, -0.2) is 0 Å². The molecule has 4 aliphatic carbocycles. The summed E-state index contributed by atoms with van der Waals surface area (Å²) in [6, 6.07) is 0. The highest BCUT2D eigenvalue weighted by molar-refractivity contribution is 5.09. The van der Waals surface area contributed by atoms with Crippen LogP contribution >= 0.6 is 0 Å². The van der Waals surface area contributed by atoms with E-state index in [2.05, 4.69) is 46.8 Å². The lowest BCUT2D eigenvalue weighted by Crippen LogP contribution is -2.55. The molecule has 0 aliphatic heterocycles. The highest BCUT2D eigenvalue weighted by Gasteiger charge is 2.58. The van der Waals surface area contributed by atoms with Gasteiger partial charge in [-0.2, -0.15) is 0 Å². The Hall–Kier alpha value is -0.260. The molecular weight excluding hydrogens is 348 g/mol. The molecule has 0 amide bonds. The predicted molar refractivity (Wildman–Crippen MR) is 127 cm³/mol. The van der Waals surface area contributed by atoms with Crippen molar-refractivity contribution in [2.45, 2.75) is 118 Å². The fourth-order valence-electron chi connectivity index (χ4n) is 9.31. The van der Waals surface area contributed by atoms with Gasteiger partial charge in [-0.15, -0.1) is 0 Å². The van der Waals surface area contributed by atoms with Crippen molar-refractivity contribution < 1.29 is 0 Å². The molecule has 0 aromatic rings. The van der Waals surface area contributed by atoms with Crippen molar-refractivity contribution in [1.82, 2.24) is 0 Å². The number of fused-ring (bicyclic) bond motifs is 5. The molecule has 0 N–H and O–H groups in total. The van der Waals surface area contributed by atoms with Gasteiger partial charge in [-0.1, -0.05) is 72.5 Å². The van der Waals surface area contributed by atoms with E-state index in [-0.39, 0.29) is 0 Å². The first-order chi connectivity index (χ1) is 13.9. The molecule has 0 spiro atoms. The van der Waals surface area contributed by atoms with Gasteiger partial charge in [-0.3, -0.25) is 0 Å². The van der Waals surface area contributed by atoms with Crippen LogP contribution in [0.1, 0.15) is 118 Å². The van der Waals surface area contributed by atoms with Gasteiger partial charge in [0, 0.05) is 0 Å². The van der Waals surface area contributed by atoms with E-state index >= 15 is 0 Å². The number of allylic oxidation sites excluding steroid dienone is 2. The second-order valence-corrected chi connectivity index (χ2v) is 12.8. The highest BCUT2D eigenvalue weighted by Crippen LogP contribution is 2.66. The van der Waals surface area contributed by atoms with Gasteiger partial charge in [-0.05, 0) is 110 Å². The topological polar surface area (TPSA) is 0 Å². The number of hydrogen-bond acceptors (Lipinski definition) is 0. The van der Waals surface area contributed by atoms with E-state index in [1.54, 1.807) is 19.3 Å². The quantitative estimate of drug-likeness (QED) is 0.405. The fraction of sp³-hybridized carbons (Fsp3) is 0.931. The second kappa shape index (κ2) is 8.70. The third kappa shape index (κ3) is 4.01. The molecule has 8 atom stereocenters. The molecule has 166 valence electrons. The first-order valence-corrected chi connectivity index (χ1v) is 13.5. The SMILES string of the molecule is CC(C)CCC[C@@H](C)C1CCCC2C3CCC4CC=CCCC4(C)C3CCC21C. The maximum absolute atomic E-state index is 2.76. The molecule has 0 aromatic heterocycles. The number of hydrogen-bond donors (Lipinski definition) is 0. The Labute approximate surface area is 182 Å². The first-order valence-electron chi connectivity index (χ1n) is 13.5. The van der Waals surface area contributed by atoms with Crippen molar-refractivity contribution in [1.29, 1.82) is 0 Å². The minimum absolute atomic E-state index is 0.629. The molecule has 0 heterocycles. The Bertz CT molecular complexity index is 573. The molecule has 0 saturated heterocycles. The van der Waals surface area contributed by atoms with Gasteiger partial charge >= 0.3 is 0 Å². The van der Waals surface area contributed by atoms with Crippen molar-refractivity contribution in [3.8, 4) is 0 Å². The normalized spacial score (nSPS) is 45.8. The lowest BCUT2D eigenvalue weighted by molar-refractivity contribution is -0.140. The van der Waals surface area contributed by atoms with Gasteiger partial charge in [0.05, 0.1) is 0 Å². The van der Waals surface area contributed by atoms with Crippen LogP contribution < -0.4 is 0 Å². The lowest BCUT2D eigenvalue weighted by Gasteiger charge is -2.63. The highest BCUT2D eigenvalue weighted by atomic mass is 14.6. The maximum Gasteiger partial charge on any atom is -0.0261 e. The molecule has 0 aromatic carbocycles. The smallest absolute Gasteiger partial charge is 0.0261 e. The Kier molecular flexibility index (Phi) is 6.59. The fourth-order valence-corrected chi connectivity index (χ4v) is 9.31. The summed E-state index contributed by atoms with van der Waals surface area (Å²) in [6.07, 6.45) is 24.3. The molecule has 29 heavy (non-hydrogen) atoms. The standard InChI is InChI=1S/C29H50/c1-21(2)11-9-12-22(3)25-14-10-15-26-24-17-16-23-13-7-6-8-19-28(23,4)27(24)18-20-29(25,26)5/h6-7,21-27H,8-20H2,1-5H3/t22-,23?,24?,25?,26?,27?,28?,29?/m1/s1. The second-order valence-electron chi connectivity index (χ2n) is 12.8. The molecule has 4 rings (SSSR count). The molecular formula is C29H50. The molecule has 3 fully saturated rings. The summed E-state index contributed by atoms with van der Waals surface area (Å²) in [5, 5.41) is 0. The van der Waals surface area contributed by atoms with Crippen LogP contribution in [0, 0.1) is 52.3 Å². The third-order valence-corrected chi connectivity index (χ3v) is 10.9. The van der Waals surface area contributed by atoms with Crippen molar-refractivity contribution in [3.63, 3.8) is 0 Å². The molecule has 0 heteroatoms. The molecule has 4 aliphatic rings. The van der Waals surface area contributed by atoms with E-state index in [0.717, 1.165) is 41.4 Å². The van der Waals surface area contributed by atoms with Crippen LogP contribution in [0.25, 0.3) is 0 Å². The zero-order valence-corrected chi connectivity index (χ0v) is 20.4. The Balaban J connectivity index is 1.50. The Morgan fingerprint density at radius 3 is 2.41 bits per heavy atom. The van der Waals surface area contributed by atoms with Gasteiger partial charge < -0.3 is 0 Å². The third-order valence-electron chi connectivity index (χ3n) is 10.9. The largest absolute Gasteiger partial charge is 0.0885 e. The van der Waals surface area contributed by atoms with E-state index in [9.17, 15) is 0 Å². The van der Waals surface area contributed by atoms with Gasteiger partial charge in [0.2, 0.25) is 0 Å². The van der Waals surface area contributed by atoms with E-state index in [1.165, 1.54) is 64.2 Å². The van der Waals surface area contributed by atoms with E-state index in [4.69, 9.17) is 0 Å². The van der Waals surface area contributed by atoms with Gasteiger partial charge in [-0.25, -0.2) is 0 Å². The predicted octanol–water partition coefficient (Wildman–Crippen LogP) is 9.05. The lowest BCUT2D eigenvalue weighted by atomic mass is 9.42. The summed E-state index contributed by atoms with van der Waals surface area (Å²) < 4.78 is 0. The van der Waals surface area contributed by atoms with Crippen LogP contribution in [-0.2, 0) is 0 Å². The average molecular weight is 399 g/mol. The zero-order valence-electron chi connectivity index (χ0n) is 20.4. The van der Waals surface area contributed by atoms with Crippen LogP contribution in [0.15, 0.2) is 12.2 Å². The van der Waals surface area contributed by atoms with Gasteiger partial charge in [0.1, 0.15) is 0 Å². The van der Waals surface area contributed by atoms with Gasteiger partial charge in [0.25, 0.3) is 0 Å². The Morgan fingerprint density at radius 2 is 1.62 bits per heavy atom. The first kappa shape index (κ1) is 22.0. The molecule has 3 saturated carbocycles. The zero-order chi connectivity index (χ0) is 20.6. The average Bonchev–Trinajstić information content (AvgIpc) is 2.87. The molecule has 7 unspecified atom stereocenters. The minimum atomic E-state index is 0.629. The molecule has 0 nitrogen and oxygen atoms in total. The summed E-state index contributed by atoms with van der Waals surface area (Å²) in [5.41, 5.74) is 1.27. The van der Waals surface area contributed by atoms with Crippen molar-refractivity contribution in [2.75, 3.05) is 0 Å². The Morgan fingerprint density at radius 1 is 0.828 bits per heavy atom. The van der Waals surface area contributed by atoms with Crippen molar-refractivity contribution in [2.24, 2.45) is 52.3 Å². The van der Waals surface area contributed by atoms with Crippen molar-refractivity contribution in [3.05, 3.63) is 12.2 Å². The molecule has 0 radical (unpaired) electrons.